The van der Waals surface area contributed by atoms with Crippen LogP contribution in [0.25, 0.3) is 5.76 Å². The molecule has 7 heteroatoms. The Morgan fingerprint density at radius 3 is 2.04 bits per heavy atom. The lowest BCUT2D eigenvalue weighted by Crippen LogP contribution is -2.06. The van der Waals surface area contributed by atoms with Gasteiger partial charge in [0.25, 0.3) is 0 Å². The molecule has 0 saturated heterocycles. The van der Waals surface area contributed by atoms with Gasteiger partial charge in [-0.1, -0.05) is 24.3 Å². The number of fused-ring (bicyclic) bond motifs is 1. The minimum absolute atomic E-state index is 0.0271. The molecule has 2 aromatic carbocycles. The van der Waals surface area contributed by atoms with Crippen molar-refractivity contribution in [3.05, 3.63) is 70.3 Å². The fourth-order valence-corrected chi connectivity index (χ4v) is 2.70. The number of carbonyl (C=O) groups excluding carboxylic acids is 3. The number of esters is 2. The molecule has 136 valence electrons. The zero-order valence-electron chi connectivity index (χ0n) is 14.6. The van der Waals surface area contributed by atoms with Gasteiger partial charge < -0.3 is 14.6 Å². The van der Waals surface area contributed by atoms with Gasteiger partial charge in [0, 0.05) is 17.3 Å². The van der Waals surface area contributed by atoms with Crippen molar-refractivity contribution in [3.8, 4) is 0 Å². The van der Waals surface area contributed by atoms with Crippen LogP contribution >= 0.6 is 0 Å². The molecule has 3 rings (SSSR count). The average molecular weight is 365 g/mol. The van der Waals surface area contributed by atoms with Gasteiger partial charge in [0.15, 0.2) is 5.78 Å². The van der Waals surface area contributed by atoms with Crippen molar-refractivity contribution in [2.24, 2.45) is 4.99 Å². The number of hydrogen-bond donors (Lipinski definition) is 1. The van der Waals surface area contributed by atoms with E-state index in [1.165, 1.54) is 38.6 Å². The van der Waals surface area contributed by atoms with E-state index in [4.69, 9.17) is 0 Å². The number of ether oxygens (including phenoxy) is 2. The number of aliphatic hydroxyl groups is 1. The van der Waals surface area contributed by atoms with Gasteiger partial charge in [-0.05, 0) is 18.2 Å². The molecule has 0 spiro atoms. The van der Waals surface area contributed by atoms with E-state index in [9.17, 15) is 19.5 Å². The number of rotatable bonds is 4. The van der Waals surface area contributed by atoms with Crippen LogP contribution in [0.5, 0.6) is 0 Å². The van der Waals surface area contributed by atoms with Crippen molar-refractivity contribution in [3.63, 3.8) is 0 Å². The van der Waals surface area contributed by atoms with Crippen LogP contribution in [-0.2, 0) is 9.47 Å². The summed E-state index contributed by atoms with van der Waals surface area (Å²) in [7, 11) is 2.43. The van der Waals surface area contributed by atoms with Crippen LogP contribution in [0, 0.1) is 0 Å². The summed E-state index contributed by atoms with van der Waals surface area (Å²) in [4.78, 5) is 40.2. The first-order valence-electron chi connectivity index (χ1n) is 7.89. The van der Waals surface area contributed by atoms with E-state index in [0.717, 1.165) is 0 Å². The average Bonchev–Trinajstić information content (AvgIpc) is 2.95. The highest BCUT2D eigenvalue weighted by atomic mass is 16.5. The molecule has 0 unspecified atom stereocenters. The van der Waals surface area contributed by atoms with Crippen molar-refractivity contribution in [1.29, 1.82) is 0 Å². The predicted octanol–water partition coefficient (Wildman–Crippen LogP) is 3.13. The van der Waals surface area contributed by atoms with Crippen LogP contribution in [0.15, 0.2) is 53.0 Å². The molecule has 0 amide bonds. The first-order chi connectivity index (χ1) is 13.0. The van der Waals surface area contributed by atoms with Crippen molar-refractivity contribution in [2.75, 3.05) is 14.2 Å². The summed E-state index contributed by atoms with van der Waals surface area (Å²) in [6, 6.07) is 10.8. The molecule has 0 aromatic heterocycles. The van der Waals surface area contributed by atoms with Gasteiger partial charge >= 0.3 is 11.9 Å². The number of carbonyl (C=O) groups is 3. The number of aliphatic imine (C=N–C) groups is 1. The lowest BCUT2D eigenvalue weighted by Gasteiger charge is -2.05. The van der Waals surface area contributed by atoms with E-state index < -0.39 is 11.9 Å². The first kappa shape index (κ1) is 18.1. The normalized spacial score (nSPS) is 13.0. The van der Waals surface area contributed by atoms with Gasteiger partial charge in [0.1, 0.15) is 5.76 Å². The molecule has 0 fully saturated rings. The maximum absolute atomic E-state index is 12.4. The largest absolute Gasteiger partial charge is 0.506 e. The third-order valence-corrected chi connectivity index (χ3v) is 4.03. The molecule has 0 bridgehead atoms. The van der Waals surface area contributed by atoms with Crippen LogP contribution in [0.2, 0.25) is 0 Å². The van der Waals surface area contributed by atoms with Gasteiger partial charge in [-0.3, -0.25) is 9.79 Å². The van der Waals surface area contributed by atoms with E-state index >= 15 is 0 Å². The lowest BCUT2D eigenvalue weighted by molar-refractivity contribution is 0.0599. The number of hydrogen-bond acceptors (Lipinski definition) is 7. The van der Waals surface area contributed by atoms with Gasteiger partial charge in [0.2, 0.25) is 0 Å². The second-order valence-corrected chi connectivity index (χ2v) is 5.65. The number of allylic oxidation sites excluding steroid dienone is 1. The van der Waals surface area contributed by atoms with E-state index in [1.54, 1.807) is 24.3 Å². The highest BCUT2D eigenvalue weighted by molar-refractivity contribution is 6.30. The summed E-state index contributed by atoms with van der Waals surface area (Å²) in [6.45, 7) is 0. The molecule has 27 heavy (non-hydrogen) atoms. The van der Waals surface area contributed by atoms with Crippen LogP contribution in [0.4, 0.5) is 5.69 Å². The maximum atomic E-state index is 12.4. The molecule has 0 radical (unpaired) electrons. The third kappa shape index (κ3) is 3.35. The molecule has 7 nitrogen and oxygen atoms in total. The third-order valence-electron chi connectivity index (χ3n) is 4.03. The summed E-state index contributed by atoms with van der Waals surface area (Å²) < 4.78 is 9.34. The van der Waals surface area contributed by atoms with E-state index in [0.29, 0.717) is 11.1 Å². The topological polar surface area (TPSA) is 102 Å². The highest BCUT2D eigenvalue weighted by Gasteiger charge is 2.28. The Balaban J connectivity index is 2.00. The summed E-state index contributed by atoms with van der Waals surface area (Å²) in [5.41, 5.74) is 1.28. The summed E-state index contributed by atoms with van der Waals surface area (Å²) in [6.07, 6.45) is 1.20. The van der Waals surface area contributed by atoms with Crippen molar-refractivity contribution < 1.29 is 29.0 Å². The smallest absolute Gasteiger partial charge is 0.337 e. The number of benzene rings is 2. The molecule has 0 atom stereocenters. The maximum Gasteiger partial charge on any atom is 0.337 e. The second-order valence-electron chi connectivity index (χ2n) is 5.65. The Kier molecular flexibility index (Phi) is 4.85. The quantitative estimate of drug-likeness (QED) is 0.660. The minimum atomic E-state index is -0.649. The summed E-state index contributed by atoms with van der Waals surface area (Å²) in [5, 5.41) is 10.3. The van der Waals surface area contributed by atoms with Crippen molar-refractivity contribution in [1.82, 2.24) is 0 Å². The standard InChI is InChI=1S/C20H15NO6/c1-26-19(24)11-7-12(20(25)27-2)9-13(8-11)21-10-16-17(22)14-5-3-4-6-15(14)18(16)23/h3-10,22H,1-2H3. The monoisotopic (exact) mass is 365 g/mol. The lowest BCUT2D eigenvalue weighted by atomic mass is 10.1. The van der Waals surface area contributed by atoms with E-state index in [-0.39, 0.29) is 33.9 Å². The molecule has 0 aliphatic heterocycles. The van der Waals surface area contributed by atoms with Gasteiger partial charge in [-0.25, -0.2) is 9.59 Å². The Labute approximate surface area is 154 Å². The van der Waals surface area contributed by atoms with Crippen molar-refractivity contribution in [2.45, 2.75) is 0 Å². The number of Topliss-reactive ketones (excluding diaryl/α,β-unsaturated/α-hetero) is 1. The molecular formula is C20H15NO6. The molecule has 1 aliphatic rings. The predicted molar refractivity (Wildman–Crippen MR) is 97.6 cm³/mol. The van der Waals surface area contributed by atoms with Crippen LogP contribution in [0.1, 0.15) is 36.6 Å². The number of aliphatic hydroxyl groups excluding tert-OH is 1. The zero-order chi connectivity index (χ0) is 19.6. The molecule has 0 heterocycles. The van der Waals surface area contributed by atoms with E-state index in [1.807, 2.05) is 0 Å². The Morgan fingerprint density at radius 2 is 1.52 bits per heavy atom. The Bertz CT molecular complexity index is 985. The van der Waals surface area contributed by atoms with Crippen LogP contribution < -0.4 is 0 Å². The van der Waals surface area contributed by atoms with Crippen LogP contribution in [0.3, 0.4) is 0 Å². The number of methoxy groups -OCH3 is 2. The Hall–Kier alpha value is -3.74. The number of nitrogens with zero attached hydrogens (tertiary/aromatic N) is 1. The first-order valence-corrected chi connectivity index (χ1v) is 7.89. The molecule has 1 N–H and O–H groups in total. The van der Waals surface area contributed by atoms with E-state index in [2.05, 4.69) is 14.5 Å². The minimum Gasteiger partial charge on any atom is -0.506 e. The molecular weight excluding hydrogens is 350 g/mol. The summed E-state index contributed by atoms with van der Waals surface area (Å²) in [5.74, 6) is -1.83. The van der Waals surface area contributed by atoms with Crippen LogP contribution in [-0.4, -0.2) is 43.3 Å². The molecule has 0 saturated carbocycles. The van der Waals surface area contributed by atoms with Crippen molar-refractivity contribution >= 4 is 35.4 Å². The fraction of sp³-hybridized carbons (Fsp3) is 0.100. The van der Waals surface area contributed by atoms with Gasteiger partial charge in [-0.2, -0.15) is 0 Å². The highest BCUT2D eigenvalue weighted by Crippen LogP contribution is 2.30. The second kappa shape index (κ2) is 7.25. The Morgan fingerprint density at radius 1 is 0.963 bits per heavy atom. The molecule has 2 aromatic rings. The van der Waals surface area contributed by atoms with Gasteiger partial charge in [0.05, 0.1) is 36.6 Å². The molecule has 1 aliphatic carbocycles. The summed E-state index contributed by atoms with van der Waals surface area (Å²) >= 11 is 0. The number of ketones is 1. The zero-order valence-corrected chi connectivity index (χ0v) is 14.6. The SMILES string of the molecule is COC(=O)c1cc(N=CC2=C(O)c3ccccc3C2=O)cc(C(=O)OC)c1. The fourth-order valence-electron chi connectivity index (χ4n) is 2.70. The van der Waals surface area contributed by atoms with Gasteiger partial charge in [-0.15, -0.1) is 0 Å².